The average Bonchev–Trinajstić information content (AvgIpc) is 2.92. The minimum Gasteiger partial charge on any atom is -0.422 e. The number of allylic oxidation sites excluding steroid dienone is 4. The molecule has 4 aromatic carbocycles. The predicted molar refractivity (Wildman–Crippen MR) is 151 cm³/mol. The highest BCUT2D eigenvalue weighted by atomic mass is 16.4. The Morgan fingerprint density at radius 1 is 0.806 bits per heavy atom. The first kappa shape index (κ1) is 21.9. The molecule has 0 aliphatic carbocycles. The van der Waals surface area contributed by atoms with Crippen LogP contribution in [0.1, 0.15) is 19.4 Å². The van der Waals surface area contributed by atoms with Crippen LogP contribution in [-0.2, 0) is 0 Å². The van der Waals surface area contributed by atoms with Gasteiger partial charge in [0.25, 0.3) is 0 Å². The minimum atomic E-state index is -0.319. The highest BCUT2D eigenvalue weighted by Gasteiger charge is 2.26. The Bertz CT molecular complexity index is 1790. The zero-order valence-electron chi connectivity index (χ0n) is 20.3. The van der Waals surface area contributed by atoms with Crippen LogP contribution in [0.4, 0.5) is 11.4 Å². The Morgan fingerprint density at radius 2 is 1.53 bits per heavy atom. The molecule has 0 amide bonds. The van der Waals surface area contributed by atoms with Crippen molar-refractivity contribution in [2.24, 2.45) is 0 Å². The topological polar surface area (TPSA) is 33.5 Å². The van der Waals surface area contributed by atoms with Crippen molar-refractivity contribution < 1.29 is 4.42 Å². The summed E-state index contributed by atoms with van der Waals surface area (Å²) in [6, 6.07) is 30.5. The van der Waals surface area contributed by atoms with Gasteiger partial charge in [0.15, 0.2) is 0 Å². The number of nitrogens with zero attached hydrogens (tertiary/aromatic N) is 1. The van der Waals surface area contributed by atoms with Crippen LogP contribution in [0, 0.1) is 0 Å². The lowest BCUT2D eigenvalue weighted by atomic mass is 9.88. The molecular weight excluding hydrogens is 442 g/mol. The number of anilines is 2. The van der Waals surface area contributed by atoms with Gasteiger partial charge in [-0.1, -0.05) is 73.3 Å². The molecule has 174 valence electrons. The van der Waals surface area contributed by atoms with Gasteiger partial charge in [0.1, 0.15) is 5.58 Å². The van der Waals surface area contributed by atoms with E-state index in [1.807, 2.05) is 61.5 Å². The van der Waals surface area contributed by atoms with Crippen molar-refractivity contribution in [3.63, 3.8) is 0 Å². The van der Waals surface area contributed by atoms with Crippen molar-refractivity contribution in [1.29, 1.82) is 0 Å². The zero-order valence-corrected chi connectivity index (χ0v) is 20.3. The highest BCUT2D eigenvalue weighted by molar-refractivity contribution is 6.05. The van der Waals surface area contributed by atoms with Crippen molar-refractivity contribution in [3.05, 3.63) is 137 Å². The first-order chi connectivity index (χ1) is 17.6. The first-order valence-corrected chi connectivity index (χ1v) is 12.1. The van der Waals surface area contributed by atoms with Crippen LogP contribution in [0.2, 0.25) is 0 Å². The van der Waals surface area contributed by atoms with Gasteiger partial charge in [-0.2, -0.15) is 0 Å². The van der Waals surface area contributed by atoms with Crippen LogP contribution < -0.4 is 10.5 Å². The lowest BCUT2D eigenvalue weighted by molar-refractivity contribution is 0.569. The number of hydrogen-bond donors (Lipinski definition) is 0. The molecule has 6 rings (SSSR count). The van der Waals surface area contributed by atoms with Gasteiger partial charge < -0.3 is 9.32 Å². The van der Waals surface area contributed by atoms with Crippen LogP contribution in [0.5, 0.6) is 0 Å². The first-order valence-electron chi connectivity index (χ1n) is 12.1. The van der Waals surface area contributed by atoms with Gasteiger partial charge in [0.05, 0.1) is 11.1 Å². The Labute approximate surface area is 209 Å². The summed E-state index contributed by atoms with van der Waals surface area (Å²) in [6.45, 7) is 8.57. The number of hydrogen-bond acceptors (Lipinski definition) is 3. The van der Waals surface area contributed by atoms with E-state index in [1.54, 1.807) is 0 Å². The molecule has 3 nitrogen and oxygen atoms in total. The number of fused-ring (bicyclic) bond motifs is 4. The van der Waals surface area contributed by atoms with E-state index in [9.17, 15) is 4.79 Å². The summed E-state index contributed by atoms with van der Waals surface area (Å²) in [5.74, 6) is 0. The average molecular weight is 468 g/mol. The number of rotatable bonds is 3. The second kappa shape index (κ2) is 8.54. The predicted octanol–water partition coefficient (Wildman–Crippen LogP) is 8.63. The number of benzene rings is 4. The van der Waals surface area contributed by atoms with E-state index < -0.39 is 0 Å². The molecule has 5 aromatic rings. The maximum absolute atomic E-state index is 12.8. The van der Waals surface area contributed by atoms with Crippen LogP contribution in [0.25, 0.3) is 38.4 Å². The van der Waals surface area contributed by atoms with Crippen LogP contribution in [-0.4, -0.2) is 0 Å². The third-order valence-electron chi connectivity index (χ3n) is 6.93. The summed E-state index contributed by atoms with van der Waals surface area (Å²) in [5.41, 5.74) is 8.83. The number of para-hydroxylation sites is 2. The molecular formula is C33H25NO2. The molecule has 0 saturated heterocycles. The SMILES string of the molecule is C=C1C(C)=C(/C=C\C)c2cc(-c3ccc4c(c3)c(=O)oc3ccccc34)ccc2N1c1ccccc1. The molecule has 1 aliphatic heterocycles. The van der Waals surface area contributed by atoms with Gasteiger partial charge in [-0.3, -0.25) is 0 Å². The van der Waals surface area contributed by atoms with Gasteiger partial charge in [0.2, 0.25) is 0 Å². The van der Waals surface area contributed by atoms with Crippen molar-refractivity contribution >= 4 is 38.7 Å². The second-order valence-corrected chi connectivity index (χ2v) is 9.03. The molecule has 36 heavy (non-hydrogen) atoms. The van der Waals surface area contributed by atoms with E-state index in [4.69, 9.17) is 4.42 Å². The third kappa shape index (κ3) is 3.40. The molecule has 0 atom stereocenters. The molecule has 2 heterocycles. The molecule has 0 spiro atoms. The molecule has 0 fully saturated rings. The molecule has 0 radical (unpaired) electrons. The van der Waals surface area contributed by atoms with Crippen LogP contribution >= 0.6 is 0 Å². The summed E-state index contributed by atoms with van der Waals surface area (Å²) in [5, 5.41) is 2.43. The van der Waals surface area contributed by atoms with E-state index in [0.29, 0.717) is 11.0 Å². The van der Waals surface area contributed by atoms with Gasteiger partial charge in [-0.25, -0.2) is 4.79 Å². The van der Waals surface area contributed by atoms with Gasteiger partial charge in [0, 0.05) is 22.3 Å². The quantitative estimate of drug-likeness (QED) is 0.197. The Hall–Kier alpha value is -4.63. The fourth-order valence-corrected chi connectivity index (χ4v) is 5.11. The fourth-order valence-electron chi connectivity index (χ4n) is 5.11. The Balaban J connectivity index is 1.55. The minimum absolute atomic E-state index is 0.319. The van der Waals surface area contributed by atoms with Crippen LogP contribution in [0.15, 0.2) is 130 Å². The van der Waals surface area contributed by atoms with E-state index in [-0.39, 0.29) is 5.63 Å². The van der Waals surface area contributed by atoms with Gasteiger partial charge in [-0.15, -0.1) is 0 Å². The van der Waals surface area contributed by atoms with Gasteiger partial charge >= 0.3 is 5.63 Å². The van der Waals surface area contributed by atoms with E-state index >= 15 is 0 Å². The Kier molecular flexibility index (Phi) is 5.19. The zero-order chi connectivity index (χ0) is 24.8. The van der Waals surface area contributed by atoms with E-state index in [2.05, 4.69) is 67.0 Å². The highest BCUT2D eigenvalue weighted by Crippen LogP contribution is 2.45. The maximum Gasteiger partial charge on any atom is 0.344 e. The summed E-state index contributed by atoms with van der Waals surface area (Å²) >= 11 is 0. The normalized spacial score (nSPS) is 13.7. The second-order valence-electron chi connectivity index (χ2n) is 9.03. The van der Waals surface area contributed by atoms with E-state index in [1.165, 1.54) is 0 Å². The van der Waals surface area contributed by atoms with Crippen molar-refractivity contribution in [1.82, 2.24) is 0 Å². The third-order valence-corrected chi connectivity index (χ3v) is 6.93. The van der Waals surface area contributed by atoms with Crippen molar-refractivity contribution in [2.75, 3.05) is 4.90 Å². The fraction of sp³-hybridized carbons (Fsp3) is 0.0606. The molecule has 1 aliphatic rings. The molecule has 0 saturated carbocycles. The molecule has 0 unspecified atom stereocenters. The standard InChI is InChI=1S/C33H25NO2/c1-4-10-26-21(2)22(3)34(25-11-6-5-7-12-25)31-18-16-24(19-29(26)31)23-15-17-27-28-13-8-9-14-32(28)36-33(35)30(27)20-23/h4-20H,3H2,1-2H3/b10-4-. The summed E-state index contributed by atoms with van der Waals surface area (Å²) in [4.78, 5) is 15.0. The Morgan fingerprint density at radius 3 is 2.33 bits per heavy atom. The maximum atomic E-state index is 12.8. The molecule has 1 aromatic heterocycles. The molecule has 0 N–H and O–H groups in total. The largest absolute Gasteiger partial charge is 0.422 e. The molecule has 0 bridgehead atoms. The van der Waals surface area contributed by atoms with Crippen molar-refractivity contribution in [2.45, 2.75) is 13.8 Å². The van der Waals surface area contributed by atoms with E-state index in [0.717, 1.165) is 55.7 Å². The van der Waals surface area contributed by atoms with Crippen LogP contribution in [0.3, 0.4) is 0 Å². The monoisotopic (exact) mass is 467 g/mol. The lowest BCUT2D eigenvalue weighted by Gasteiger charge is -2.35. The molecule has 3 heteroatoms. The van der Waals surface area contributed by atoms with Gasteiger partial charge in [-0.05, 0) is 77.9 Å². The van der Waals surface area contributed by atoms with Crippen molar-refractivity contribution in [3.8, 4) is 11.1 Å². The summed E-state index contributed by atoms with van der Waals surface area (Å²) < 4.78 is 5.61. The smallest absolute Gasteiger partial charge is 0.344 e. The lowest BCUT2D eigenvalue weighted by Crippen LogP contribution is -2.22. The summed E-state index contributed by atoms with van der Waals surface area (Å²) in [7, 11) is 0. The summed E-state index contributed by atoms with van der Waals surface area (Å²) in [6.07, 6.45) is 4.21.